The molecule has 0 radical (unpaired) electrons. The van der Waals surface area contributed by atoms with E-state index in [9.17, 15) is 14.4 Å². The minimum absolute atomic E-state index is 0.119. The summed E-state index contributed by atoms with van der Waals surface area (Å²) in [5.41, 5.74) is 0.101. The number of rotatable bonds is 4. The van der Waals surface area contributed by atoms with Crippen LogP contribution in [0.5, 0.6) is 11.5 Å². The highest BCUT2D eigenvalue weighted by Gasteiger charge is 2.38. The number of urea groups is 1. The first kappa shape index (κ1) is 19.7. The maximum atomic E-state index is 13.0. The Morgan fingerprint density at radius 2 is 1.68 bits per heavy atom. The van der Waals surface area contributed by atoms with Gasteiger partial charge in [0.2, 0.25) is 0 Å². The van der Waals surface area contributed by atoms with Gasteiger partial charge in [0.15, 0.2) is 0 Å². The fourth-order valence-corrected chi connectivity index (χ4v) is 3.15. The van der Waals surface area contributed by atoms with Crippen LogP contribution in [0.25, 0.3) is 6.08 Å². The van der Waals surface area contributed by atoms with Crippen molar-refractivity contribution in [2.24, 2.45) is 0 Å². The van der Waals surface area contributed by atoms with Crippen molar-refractivity contribution in [2.75, 3.05) is 19.1 Å². The monoisotopic (exact) mass is 420 g/mol. The van der Waals surface area contributed by atoms with E-state index < -0.39 is 17.8 Å². The third-order valence-corrected chi connectivity index (χ3v) is 4.68. The normalized spacial score (nSPS) is 15.6. The zero-order valence-electron chi connectivity index (χ0n) is 14.8. The Balaban J connectivity index is 2.13. The molecule has 0 atom stereocenters. The first-order valence-electron chi connectivity index (χ1n) is 7.95. The molecule has 0 bridgehead atoms. The third-order valence-electron chi connectivity index (χ3n) is 4.02. The van der Waals surface area contributed by atoms with Gasteiger partial charge >= 0.3 is 6.03 Å². The van der Waals surface area contributed by atoms with Crippen LogP contribution in [0.4, 0.5) is 10.5 Å². The van der Waals surface area contributed by atoms with Crippen molar-refractivity contribution < 1.29 is 23.9 Å². The van der Waals surface area contributed by atoms with Gasteiger partial charge < -0.3 is 9.47 Å². The summed E-state index contributed by atoms with van der Waals surface area (Å²) in [6.45, 7) is 0. The van der Waals surface area contributed by atoms with Crippen molar-refractivity contribution in [2.45, 2.75) is 0 Å². The zero-order valence-corrected chi connectivity index (χ0v) is 16.3. The van der Waals surface area contributed by atoms with Gasteiger partial charge in [0.25, 0.3) is 11.8 Å². The number of nitrogens with zero attached hydrogens (tertiary/aromatic N) is 1. The van der Waals surface area contributed by atoms with Gasteiger partial charge in [-0.25, -0.2) is 9.69 Å². The Hall–Kier alpha value is -3.03. The molecule has 0 aromatic heterocycles. The first-order valence-corrected chi connectivity index (χ1v) is 8.70. The van der Waals surface area contributed by atoms with E-state index in [1.165, 1.54) is 26.4 Å². The van der Waals surface area contributed by atoms with E-state index in [1.54, 1.807) is 30.3 Å². The molecule has 2 aromatic carbocycles. The van der Waals surface area contributed by atoms with Crippen LogP contribution in [0.15, 0.2) is 42.0 Å². The lowest BCUT2D eigenvalue weighted by Crippen LogP contribution is -2.54. The number of anilines is 1. The summed E-state index contributed by atoms with van der Waals surface area (Å²) in [5, 5.41) is 2.64. The number of amides is 4. The van der Waals surface area contributed by atoms with Crippen molar-refractivity contribution in [3.8, 4) is 11.5 Å². The van der Waals surface area contributed by atoms with Crippen LogP contribution in [0.2, 0.25) is 10.0 Å². The molecule has 1 aliphatic heterocycles. The van der Waals surface area contributed by atoms with Gasteiger partial charge in [0, 0.05) is 21.7 Å². The van der Waals surface area contributed by atoms with Crippen LogP contribution < -0.4 is 19.7 Å². The van der Waals surface area contributed by atoms with Crippen LogP contribution >= 0.6 is 23.2 Å². The van der Waals surface area contributed by atoms with E-state index in [2.05, 4.69) is 5.32 Å². The number of imide groups is 2. The molecule has 3 rings (SSSR count). The molecule has 4 amide bonds. The molecule has 9 heteroatoms. The fourth-order valence-electron chi connectivity index (χ4n) is 2.64. The van der Waals surface area contributed by atoms with Gasteiger partial charge in [-0.15, -0.1) is 0 Å². The molecule has 1 heterocycles. The van der Waals surface area contributed by atoms with Gasteiger partial charge in [-0.2, -0.15) is 0 Å². The summed E-state index contributed by atoms with van der Waals surface area (Å²) in [6.07, 6.45) is 1.24. The lowest BCUT2D eigenvalue weighted by atomic mass is 10.1. The Morgan fingerprint density at radius 3 is 2.29 bits per heavy atom. The SMILES string of the molecule is COc1ccc(OC)c(N2C(=O)NC(=O)C(=Cc3c(Cl)cccc3Cl)C2=O)c1. The number of hydrogen-bond acceptors (Lipinski definition) is 5. The molecule has 2 aromatic rings. The van der Waals surface area contributed by atoms with Gasteiger partial charge in [0.1, 0.15) is 17.1 Å². The maximum Gasteiger partial charge on any atom is 0.336 e. The second kappa shape index (κ2) is 7.92. The molecule has 28 heavy (non-hydrogen) atoms. The topological polar surface area (TPSA) is 84.9 Å². The molecule has 144 valence electrons. The summed E-state index contributed by atoms with van der Waals surface area (Å²) < 4.78 is 10.4. The maximum absolute atomic E-state index is 13.0. The first-order chi connectivity index (χ1) is 13.4. The summed E-state index contributed by atoms with van der Waals surface area (Å²) in [7, 11) is 2.83. The van der Waals surface area contributed by atoms with Crippen LogP contribution in [0, 0.1) is 0 Å². The number of methoxy groups -OCH3 is 2. The van der Waals surface area contributed by atoms with Crippen molar-refractivity contribution in [1.29, 1.82) is 0 Å². The predicted octanol–water partition coefficient (Wildman–Crippen LogP) is 3.68. The fraction of sp³-hybridized carbons (Fsp3) is 0.105. The van der Waals surface area contributed by atoms with Gasteiger partial charge in [-0.1, -0.05) is 29.3 Å². The molecule has 7 nitrogen and oxygen atoms in total. The number of halogens is 2. The molecule has 0 spiro atoms. The lowest BCUT2D eigenvalue weighted by Gasteiger charge is -2.27. The summed E-state index contributed by atoms with van der Waals surface area (Å²) in [6, 6.07) is 8.46. The number of carbonyl (C=O) groups excluding carboxylic acids is 3. The Bertz CT molecular complexity index is 999. The van der Waals surface area contributed by atoms with Crippen LogP contribution in [0.1, 0.15) is 5.56 Å². The predicted molar refractivity (Wildman–Crippen MR) is 105 cm³/mol. The highest BCUT2D eigenvalue weighted by Crippen LogP contribution is 2.35. The number of ether oxygens (including phenoxy) is 2. The van der Waals surface area contributed by atoms with Crippen molar-refractivity contribution in [1.82, 2.24) is 5.32 Å². The van der Waals surface area contributed by atoms with E-state index in [4.69, 9.17) is 32.7 Å². The van der Waals surface area contributed by atoms with Crippen molar-refractivity contribution in [3.63, 3.8) is 0 Å². The Labute approximate surface area is 170 Å². The number of carbonyl (C=O) groups is 3. The average Bonchev–Trinajstić information content (AvgIpc) is 2.66. The standard InChI is InChI=1S/C19H14Cl2N2O5/c1-27-10-6-7-16(28-2)15(8-10)23-18(25)12(17(24)22-19(23)26)9-11-13(20)4-3-5-14(11)21/h3-9H,1-2H3,(H,22,24,26). The molecule has 1 fully saturated rings. The molecular formula is C19H14Cl2N2O5. The molecular weight excluding hydrogens is 407 g/mol. The largest absolute Gasteiger partial charge is 0.497 e. The summed E-state index contributed by atoms with van der Waals surface area (Å²) in [4.78, 5) is 38.5. The van der Waals surface area contributed by atoms with E-state index in [0.29, 0.717) is 5.75 Å². The number of nitrogens with one attached hydrogen (secondary N) is 1. The summed E-state index contributed by atoms with van der Waals surface area (Å²) >= 11 is 12.2. The second-order valence-electron chi connectivity index (χ2n) is 5.63. The smallest absolute Gasteiger partial charge is 0.336 e. The van der Waals surface area contributed by atoms with E-state index in [1.807, 2.05) is 0 Å². The number of barbiturate groups is 1. The van der Waals surface area contributed by atoms with E-state index >= 15 is 0 Å². The van der Waals surface area contributed by atoms with E-state index in [0.717, 1.165) is 4.90 Å². The van der Waals surface area contributed by atoms with Gasteiger partial charge in [-0.05, 0) is 30.3 Å². The highest BCUT2D eigenvalue weighted by molar-refractivity contribution is 6.41. The molecule has 0 aliphatic carbocycles. The summed E-state index contributed by atoms with van der Waals surface area (Å²) in [5.74, 6) is -1.07. The third kappa shape index (κ3) is 3.54. The van der Waals surface area contributed by atoms with Gasteiger partial charge in [-0.3, -0.25) is 14.9 Å². The molecule has 0 unspecified atom stereocenters. The van der Waals surface area contributed by atoms with Crippen molar-refractivity contribution in [3.05, 3.63) is 57.6 Å². The molecule has 0 saturated carbocycles. The number of hydrogen-bond donors (Lipinski definition) is 1. The van der Waals surface area contributed by atoms with Crippen LogP contribution in [-0.4, -0.2) is 32.1 Å². The minimum Gasteiger partial charge on any atom is -0.497 e. The Morgan fingerprint density at radius 1 is 1.00 bits per heavy atom. The molecule has 1 aliphatic rings. The molecule has 1 saturated heterocycles. The van der Waals surface area contributed by atoms with E-state index in [-0.39, 0.29) is 32.6 Å². The lowest BCUT2D eigenvalue weighted by molar-refractivity contribution is -0.122. The second-order valence-corrected chi connectivity index (χ2v) is 6.45. The molecule has 1 N–H and O–H groups in total. The van der Waals surface area contributed by atoms with Crippen molar-refractivity contribution >= 4 is 52.8 Å². The quantitative estimate of drug-likeness (QED) is 0.602. The average molecular weight is 421 g/mol. The van der Waals surface area contributed by atoms with Crippen LogP contribution in [0.3, 0.4) is 0 Å². The number of benzene rings is 2. The highest BCUT2D eigenvalue weighted by atomic mass is 35.5. The van der Waals surface area contributed by atoms with Crippen LogP contribution in [-0.2, 0) is 9.59 Å². The minimum atomic E-state index is -0.913. The van der Waals surface area contributed by atoms with Gasteiger partial charge in [0.05, 0.1) is 19.9 Å². The Kier molecular flexibility index (Phi) is 5.58. The zero-order chi connectivity index (χ0) is 20.4.